The average molecular weight is 491 g/mol. The lowest BCUT2D eigenvalue weighted by molar-refractivity contribution is -0.132. The lowest BCUT2D eigenvalue weighted by atomic mass is 9.90. The number of hydrogen-bond acceptors (Lipinski definition) is 4. The fraction of sp³-hybridized carbons (Fsp3) is 0.281. The number of carbonyl (C=O) groups excluding carboxylic acids is 1. The number of benzene rings is 3. The Labute approximate surface area is 219 Å². The SMILES string of the molecule is Cc1nc(-c2ccccc2)nc(N2CCN(C(=O)C(c3ccccc3)c3ccccc3)CC2)c1C(C)C. The Kier molecular flexibility index (Phi) is 7.31. The van der Waals surface area contributed by atoms with Crippen LogP contribution in [0, 0.1) is 6.92 Å². The third kappa shape index (κ3) is 5.26. The van der Waals surface area contributed by atoms with Gasteiger partial charge >= 0.3 is 0 Å². The van der Waals surface area contributed by atoms with Crippen LogP contribution < -0.4 is 4.90 Å². The molecule has 0 bridgehead atoms. The summed E-state index contributed by atoms with van der Waals surface area (Å²) in [5, 5.41) is 0. The van der Waals surface area contributed by atoms with Crippen molar-refractivity contribution in [1.29, 1.82) is 0 Å². The third-order valence-electron chi connectivity index (χ3n) is 7.13. The van der Waals surface area contributed by atoms with Gasteiger partial charge in [0, 0.05) is 43.0 Å². The van der Waals surface area contributed by atoms with Crippen LogP contribution in [0.2, 0.25) is 0 Å². The monoisotopic (exact) mass is 490 g/mol. The second-order valence-electron chi connectivity index (χ2n) is 9.96. The van der Waals surface area contributed by atoms with Gasteiger partial charge in [-0.3, -0.25) is 4.79 Å². The summed E-state index contributed by atoms with van der Waals surface area (Å²) >= 11 is 0. The normalized spacial score (nSPS) is 13.9. The molecule has 1 aliphatic rings. The van der Waals surface area contributed by atoms with Crippen molar-refractivity contribution in [2.45, 2.75) is 32.6 Å². The molecule has 0 radical (unpaired) electrons. The number of aryl methyl sites for hydroxylation is 1. The number of anilines is 1. The Hall–Kier alpha value is -3.99. The molecule has 0 saturated carbocycles. The van der Waals surface area contributed by atoms with Crippen LogP contribution in [0.4, 0.5) is 5.82 Å². The van der Waals surface area contributed by atoms with Crippen molar-refractivity contribution >= 4 is 11.7 Å². The van der Waals surface area contributed by atoms with Crippen molar-refractivity contribution < 1.29 is 4.79 Å². The maximum absolute atomic E-state index is 13.9. The minimum Gasteiger partial charge on any atom is -0.353 e. The summed E-state index contributed by atoms with van der Waals surface area (Å²) in [5.74, 6) is 1.91. The summed E-state index contributed by atoms with van der Waals surface area (Å²) < 4.78 is 0. The first-order chi connectivity index (χ1) is 18.0. The molecule has 2 heterocycles. The highest BCUT2D eigenvalue weighted by Gasteiger charge is 2.31. The summed E-state index contributed by atoms with van der Waals surface area (Å²) in [6, 6.07) is 30.4. The Morgan fingerprint density at radius 3 is 1.76 bits per heavy atom. The molecule has 37 heavy (non-hydrogen) atoms. The zero-order valence-corrected chi connectivity index (χ0v) is 21.8. The molecule has 0 aliphatic carbocycles. The fourth-order valence-corrected chi connectivity index (χ4v) is 5.29. The number of nitrogens with zero attached hydrogens (tertiary/aromatic N) is 4. The molecule has 1 aliphatic heterocycles. The van der Waals surface area contributed by atoms with Crippen molar-refractivity contribution in [3.63, 3.8) is 0 Å². The molecule has 0 spiro atoms. The van der Waals surface area contributed by atoms with E-state index in [1.165, 1.54) is 5.56 Å². The van der Waals surface area contributed by atoms with Crippen LogP contribution in [0.3, 0.4) is 0 Å². The molecule has 5 heteroatoms. The molecule has 188 valence electrons. The van der Waals surface area contributed by atoms with E-state index in [0.717, 1.165) is 47.1 Å². The van der Waals surface area contributed by atoms with Gasteiger partial charge in [0.2, 0.25) is 5.91 Å². The topological polar surface area (TPSA) is 49.3 Å². The van der Waals surface area contributed by atoms with E-state index in [4.69, 9.17) is 9.97 Å². The molecule has 4 aromatic rings. The number of aromatic nitrogens is 2. The van der Waals surface area contributed by atoms with Crippen LogP contribution in [0.25, 0.3) is 11.4 Å². The zero-order valence-electron chi connectivity index (χ0n) is 21.8. The van der Waals surface area contributed by atoms with E-state index >= 15 is 0 Å². The molecule has 1 saturated heterocycles. The first-order valence-electron chi connectivity index (χ1n) is 13.1. The van der Waals surface area contributed by atoms with Crippen LogP contribution in [-0.4, -0.2) is 47.0 Å². The molecule has 3 aromatic carbocycles. The van der Waals surface area contributed by atoms with Crippen LogP contribution in [0.5, 0.6) is 0 Å². The van der Waals surface area contributed by atoms with E-state index < -0.39 is 0 Å². The van der Waals surface area contributed by atoms with E-state index in [1.54, 1.807) is 0 Å². The van der Waals surface area contributed by atoms with Gasteiger partial charge in [-0.05, 0) is 24.0 Å². The molecule has 1 aromatic heterocycles. The standard InChI is InChI=1S/C32H34N4O/c1-23(2)28-24(3)33-30(27-17-11-6-12-18-27)34-31(28)35-19-21-36(22-20-35)32(37)29(25-13-7-4-8-14-25)26-15-9-5-10-16-26/h4-18,23,29H,19-22H2,1-3H3. The van der Waals surface area contributed by atoms with E-state index in [2.05, 4.69) is 62.1 Å². The largest absolute Gasteiger partial charge is 0.353 e. The number of rotatable bonds is 6. The molecule has 1 amide bonds. The lowest BCUT2D eigenvalue weighted by Crippen LogP contribution is -2.50. The van der Waals surface area contributed by atoms with Crippen molar-refractivity contribution in [2.75, 3.05) is 31.1 Å². The Morgan fingerprint density at radius 2 is 1.24 bits per heavy atom. The van der Waals surface area contributed by atoms with Crippen molar-refractivity contribution in [3.05, 3.63) is 113 Å². The van der Waals surface area contributed by atoms with Gasteiger partial charge in [0.25, 0.3) is 0 Å². The molecule has 0 unspecified atom stereocenters. The first kappa shape index (κ1) is 24.7. The Bertz CT molecular complexity index is 1290. The Balaban J connectivity index is 1.40. The van der Waals surface area contributed by atoms with Gasteiger partial charge in [-0.25, -0.2) is 9.97 Å². The number of carbonyl (C=O) groups is 1. The molecule has 0 atom stereocenters. The molecular weight excluding hydrogens is 456 g/mol. The highest BCUT2D eigenvalue weighted by molar-refractivity contribution is 5.87. The van der Waals surface area contributed by atoms with Gasteiger partial charge in [0.05, 0.1) is 5.92 Å². The van der Waals surface area contributed by atoms with Gasteiger partial charge in [-0.1, -0.05) is 105 Å². The van der Waals surface area contributed by atoms with E-state index in [1.807, 2.05) is 59.5 Å². The maximum Gasteiger partial charge on any atom is 0.234 e. The van der Waals surface area contributed by atoms with Gasteiger partial charge in [0.1, 0.15) is 5.82 Å². The van der Waals surface area contributed by atoms with E-state index in [0.29, 0.717) is 19.0 Å². The average Bonchev–Trinajstić information content (AvgIpc) is 2.94. The predicted octanol–water partition coefficient (Wildman–Crippen LogP) is 6.06. The summed E-state index contributed by atoms with van der Waals surface area (Å²) in [4.78, 5) is 28.2. The van der Waals surface area contributed by atoms with Gasteiger partial charge in [-0.15, -0.1) is 0 Å². The fourth-order valence-electron chi connectivity index (χ4n) is 5.29. The number of amides is 1. The van der Waals surface area contributed by atoms with E-state index in [-0.39, 0.29) is 11.8 Å². The summed E-state index contributed by atoms with van der Waals surface area (Å²) in [6.45, 7) is 9.28. The smallest absolute Gasteiger partial charge is 0.234 e. The highest BCUT2D eigenvalue weighted by atomic mass is 16.2. The second-order valence-corrected chi connectivity index (χ2v) is 9.96. The number of piperazine rings is 1. The van der Waals surface area contributed by atoms with Crippen LogP contribution in [0.1, 0.15) is 48.1 Å². The first-order valence-corrected chi connectivity index (χ1v) is 13.1. The van der Waals surface area contributed by atoms with Crippen LogP contribution >= 0.6 is 0 Å². The minimum absolute atomic E-state index is 0.157. The predicted molar refractivity (Wildman–Crippen MR) is 150 cm³/mol. The highest BCUT2D eigenvalue weighted by Crippen LogP contribution is 2.32. The van der Waals surface area contributed by atoms with Crippen molar-refractivity contribution in [2.24, 2.45) is 0 Å². The zero-order chi connectivity index (χ0) is 25.8. The Morgan fingerprint density at radius 1 is 0.730 bits per heavy atom. The summed E-state index contributed by atoms with van der Waals surface area (Å²) in [5.41, 5.74) is 5.28. The molecule has 1 fully saturated rings. The second kappa shape index (κ2) is 11.0. The van der Waals surface area contributed by atoms with Crippen molar-refractivity contribution in [1.82, 2.24) is 14.9 Å². The van der Waals surface area contributed by atoms with Gasteiger partial charge < -0.3 is 9.80 Å². The van der Waals surface area contributed by atoms with Crippen LogP contribution in [-0.2, 0) is 4.79 Å². The quantitative estimate of drug-likeness (QED) is 0.330. The molecule has 5 nitrogen and oxygen atoms in total. The summed E-state index contributed by atoms with van der Waals surface area (Å²) in [6.07, 6.45) is 0. The minimum atomic E-state index is -0.300. The molecular formula is C32H34N4O. The van der Waals surface area contributed by atoms with Crippen molar-refractivity contribution in [3.8, 4) is 11.4 Å². The molecule has 0 N–H and O–H groups in total. The molecule has 5 rings (SSSR count). The summed E-state index contributed by atoms with van der Waals surface area (Å²) in [7, 11) is 0. The number of hydrogen-bond donors (Lipinski definition) is 0. The third-order valence-corrected chi connectivity index (χ3v) is 7.13. The van der Waals surface area contributed by atoms with Gasteiger partial charge in [0.15, 0.2) is 5.82 Å². The lowest BCUT2D eigenvalue weighted by Gasteiger charge is -2.38. The van der Waals surface area contributed by atoms with Crippen LogP contribution in [0.15, 0.2) is 91.0 Å². The van der Waals surface area contributed by atoms with E-state index in [9.17, 15) is 4.79 Å². The maximum atomic E-state index is 13.9. The van der Waals surface area contributed by atoms with Gasteiger partial charge in [-0.2, -0.15) is 0 Å².